The van der Waals surface area contributed by atoms with Crippen LogP contribution in [-0.2, 0) is 16.6 Å². The first kappa shape index (κ1) is 9.58. The van der Waals surface area contributed by atoms with Crippen molar-refractivity contribution in [2.75, 3.05) is 0 Å². The Kier molecular flexibility index (Phi) is 1.76. The molecule has 0 spiro atoms. The van der Waals surface area contributed by atoms with Crippen molar-refractivity contribution in [2.24, 2.45) is 0 Å². The summed E-state index contributed by atoms with van der Waals surface area (Å²) in [6.45, 7) is 0. The quantitative estimate of drug-likeness (QED) is 0.780. The van der Waals surface area contributed by atoms with Crippen LogP contribution in [0.15, 0.2) is 18.2 Å². The Balaban J connectivity index is 2.33. The van der Waals surface area contributed by atoms with E-state index in [0.717, 1.165) is 24.0 Å². The highest BCUT2D eigenvalue weighted by molar-refractivity contribution is 6.08. The zero-order valence-electron chi connectivity index (χ0n) is 8.82. The molecular weight excluding hydrogens is 204 g/mol. The fourth-order valence-electron chi connectivity index (χ4n) is 3.15. The Morgan fingerprint density at radius 1 is 1.38 bits per heavy atom. The van der Waals surface area contributed by atoms with E-state index in [4.69, 9.17) is 0 Å². The van der Waals surface area contributed by atoms with Gasteiger partial charge in [-0.25, -0.2) is 0 Å². The molecule has 0 saturated heterocycles. The molecule has 82 valence electrons. The Bertz CT molecular complexity index is 504. The first-order chi connectivity index (χ1) is 7.65. The second-order valence-corrected chi connectivity index (χ2v) is 4.68. The lowest BCUT2D eigenvalue weighted by Crippen LogP contribution is -2.37. The van der Waals surface area contributed by atoms with Gasteiger partial charge in [-0.15, -0.1) is 0 Å². The highest BCUT2D eigenvalue weighted by Crippen LogP contribution is 2.47. The predicted octanol–water partition coefficient (Wildman–Crippen LogP) is 1.93. The number of hydrogen-bond acceptors (Lipinski definition) is 2. The fourth-order valence-corrected chi connectivity index (χ4v) is 3.15. The van der Waals surface area contributed by atoms with Crippen LogP contribution in [0.3, 0.4) is 0 Å². The minimum atomic E-state index is -0.915. The highest BCUT2D eigenvalue weighted by atomic mass is 16.4. The van der Waals surface area contributed by atoms with Crippen LogP contribution in [0.25, 0.3) is 0 Å². The summed E-state index contributed by atoms with van der Waals surface area (Å²) in [6.07, 6.45) is 2.49. The van der Waals surface area contributed by atoms with Gasteiger partial charge in [0.1, 0.15) is 5.41 Å². The molecule has 2 aliphatic carbocycles. The maximum atomic E-state index is 11.9. The van der Waals surface area contributed by atoms with Crippen LogP contribution in [0.5, 0.6) is 0 Å². The monoisotopic (exact) mass is 216 g/mol. The number of carboxylic acids is 1. The molecule has 3 rings (SSSR count). The van der Waals surface area contributed by atoms with Gasteiger partial charge in [0.05, 0.1) is 0 Å². The number of ketones is 1. The maximum Gasteiger partial charge on any atom is 0.314 e. The van der Waals surface area contributed by atoms with E-state index in [-0.39, 0.29) is 12.2 Å². The van der Waals surface area contributed by atoms with Gasteiger partial charge in [0.15, 0.2) is 5.78 Å². The van der Waals surface area contributed by atoms with Gasteiger partial charge in [0.2, 0.25) is 0 Å². The minimum Gasteiger partial charge on any atom is -0.481 e. The molecule has 3 nitrogen and oxygen atoms in total. The first-order valence-corrected chi connectivity index (χ1v) is 5.54. The molecule has 0 aliphatic heterocycles. The molecule has 1 aromatic carbocycles. The fraction of sp³-hybridized carbons (Fsp3) is 0.385. The summed E-state index contributed by atoms with van der Waals surface area (Å²) in [5, 5.41) is 9.43. The number of carboxylic acid groups (broad SMARTS) is 1. The van der Waals surface area contributed by atoms with Crippen LogP contribution in [0, 0.1) is 0 Å². The summed E-state index contributed by atoms with van der Waals surface area (Å²) in [5.41, 5.74) is 1.58. The Hall–Kier alpha value is -1.64. The first-order valence-electron chi connectivity index (χ1n) is 5.54. The van der Waals surface area contributed by atoms with Crippen molar-refractivity contribution < 1.29 is 14.7 Å². The molecule has 1 atom stereocenters. The van der Waals surface area contributed by atoms with Gasteiger partial charge in [-0.05, 0) is 30.4 Å². The van der Waals surface area contributed by atoms with E-state index >= 15 is 0 Å². The Morgan fingerprint density at radius 3 is 2.94 bits per heavy atom. The molecule has 0 fully saturated rings. The molecule has 0 bridgehead atoms. The van der Waals surface area contributed by atoms with Crippen molar-refractivity contribution in [1.82, 2.24) is 0 Å². The van der Waals surface area contributed by atoms with Crippen LogP contribution in [0.2, 0.25) is 0 Å². The van der Waals surface area contributed by atoms with Crippen LogP contribution >= 0.6 is 0 Å². The van der Waals surface area contributed by atoms with Crippen LogP contribution < -0.4 is 0 Å². The average molecular weight is 216 g/mol. The van der Waals surface area contributed by atoms with Crippen molar-refractivity contribution >= 4 is 11.8 Å². The summed E-state index contributed by atoms with van der Waals surface area (Å²) in [7, 11) is 0. The Labute approximate surface area is 93.1 Å². The molecule has 16 heavy (non-hydrogen) atoms. The summed E-state index contributed by atoms with van der Waals surface area (Å²) in [6, 6.07) is 5.57. The number of aliphatic carboxylic acids is 1. The zero-order chi connectivity index (χ0) is 11.3. The number of rotatable bonds is 1. The van der Waals surface area contributed by atoms with Gasteiger partial charge in [-0.1, -0.05) is 18.2 Å². The average Bonchev–Trinajstić information content (AvgIpc) is 2.56. The lowest BCUT2D eigenvalue weighted by molar-refractivity contribution is -0.144. The molecule has 0 unspecified atom stereocenters. The van der Waals surface area contributed by atoms with Gasteiger partial charge in [-0.2, -0.15) is 0 Å². The van der Waals surface area contributed by atoms with Crippen molar-refractivity contribution in [3.63, 3.8) is 0 Å². The number of hydrogen-bond donors (Lipinski definition) is 1. The number of carbonyl (C=O) groups is 2. The van der Waals surface area contributed by atoms with Crippen molar-refractivity contribution in [3.05, 3.63) is 34.9 Å². The third-order valence-corrected chi connectivity index (χ3v) is 3.85. The van der Waals surface area contributed by atoms with Crippen LogP contribution in [0.1, 0.15) is 40.7 Å². The second kappa shape index (κ2) is 2.94. The maximum absolute atomic E-state index is 11.9. The third kappa shape index (κ3) is 0.979. The van der Waals surface area contributed by atoms with Gasteiger partial charge in [0.25, 0.3) is 0 Å². The van der Waals surface area contributed by atoms with E-state index in [1.807, 2.05) is 12.1 Å². The normalized spacial score (nSPS) is 26.6. The van der Waals surface area contributed by atoms with Gasteiger partial charge < -0.3 is 5.11 Å². The Morgan fingerprint density at radius 2 is 2.19 bits per heavy atom. The molecule has 1 N–H and O–H groups in total. The summed E-state index contributed by atoms with van der Waals surface area (Å²) < 4.78 is 0. The van der Waals surface area contributed by atoms with Crippen molar-refractivity contribution in [3.8, 4) is 0 Å². The summed E-state index contributed by atoms with van der Waals surface area (Å²) in [4.78, 5) is 23.4. The molecule has 1 aromatic rings. The molecule has 0 saturated carbocycles. The van der Waals surface area contributed by atoms with E-state index in [2.05, 4.69) is 0 Å². The van der Waals surface area contributed by atoms with Crippen molar-refractivity contribution in [2.45, 2.75) is 31.1 Å². The topological polar surface area (TPSA) is 54.4 Å². The predicted molar refractivity (Wildman–Crippen MR) is 57.6 cm³/mol. The zero-order valence-corrected chi connectivity index (χ0v) is 8.82. The SMILES string of the molecule is O=C1C[C@@]2(C(=O)O)CCCc3cccc1c32. The lowest BCUT2D eigenvalue weighted by atomic mass is 9.71. The number of aryl methyl sites for hydroxylation is 1. The van der Waals surface area contributed by atoms with Crippen molar-refractivity contribution in [1.29, 1.82) is 0 Å². The van der Waals surface area contributed by atoms with Crippen LogP contribution in [0.4, 0.5) is 0 Å². The number of carbonyl (C=O) groups excluding carboxylic acids is 1. The number of benzene rings is 1. The molecule has 0 amide bonds. The highest BCUT2D eigenvalue weighted by Gasteiger charge is 2.51. The van der Waals surface area contributed by atoms with Crippen LogP contribution in [-0.4, -0.2) is 16.9 Å². The summed E-state index contributed by atoms with van der Waals surface area (Å²) >= 11 is 0. The molecule has 0 aromatic heterocycles. The second-order valence-electron chi connectivity index (χ2n) is 4.68. The van der Waals surface area contributed by atoms with Gasteiger partial charge >= 0.3 is 5.97 Å². The molecular formula is C13H12O3. The number of Topliss-reactive ketones (excluding diaryl/α,β-unsaturated/α-hetero) is 1. The van der Waals surface area contributed by atoms with E-state index in [1.165, 1.54) is 0 Å². The van der Waals surface area contributed by atoms with E-state index in [9.17, 15) is 14.7 Å². The van der Waals surface area contributed by atoms with E-state index in [1.54, 1.807) is 6.07 Å². The summed E-state index contributed by atoms with van der Waals surface area (Å²) in [5.74, 6) is -0.854. The third-order valence-electron chi connectivity index (χ3n) is 3.85. The van der Waals surface area contributed by atoms with E-state index in [0.29, 0.717) is 12.0 Å². The molecule has 3 heteroatoms. The van der Waals surface area contributed by atoms with Gasteiger partial charge in [0, 0.05) is 12.0 Å². The van der Waals surface area contributed by atoms with E-state index < -0.39 is 11.4 Å². The minimum absolute atomic E-state index is 0.0128. The standard InChI is InChI=1S/C13H12O3/c14-10-7-13(12(15)16)6-2-4-8-3-1-5-9(10)11(8)13/h1,3,5H,2,4,6-7H2,(H,15,16)/t13-/m0/s1. The smallest absolute Gasteiger partial charge is 0.314 e. The molecule has 0 radical (unpaired) electrons. The lowest BCUT2D eigenvalue weighted by Gasteiger charge is -2.30. The largest absolute Gasteiger partial charge is 0.481 e. The molecule has 0 heterocycles. The van der Waals surface area contributed by atoms with Gasteiger partial charge in [-0.3, -0.25) is 9.59 Å². The molecule has 2 aliphatic rings.